The summed E-state index contributed by atoms with van der Waals surface area (Å²) < 4.78 is 0. The SMILES string of the molecule is CC(C)(C)C1(C(C)(C)C)CNC(=O)C1. The second-order valence-electron chi connectivity index (χ2n) is 6.54. The lowest BCUT2D eigenvalue weighted by atomic mass is 9.53. The van der Waals surface area contributed by atoms with Crippen LogP contribution in [0.1, 0.15) is 48.0 Å². The van der Waals surface area contributed by atoms with Gasteiger partial charge in [-0.25, -0.2) is 0 Å². The molecule has 1 N–H and O–H groups in total. The number of carbonyl (C=O) groups excluding carboxylic acids is 1. The number of carbonyl (C=O) groups is 1. The van der Waals surface area contributed by atoms with E-state index in [4.69, 9.17) is 0 Å². The molecule has 14 heavy (non-hydrogen) atoms. The predicted octanol–water partition coefficient (Wildman–Crippen LogP) is 2.58. The minimum absolute atomic E-state index is 0.0804. The molecule has 0 aromatic heterocycles. The van der Waals surface area contributed by atoms with E-state index in [9.17, 15) is 4.79 Å². The first kappa shape index (κ1) is 11.5. The summed E-state index contributed by atoms with van der Waals surface area (Å²) in [6, 6.07) is 0. The van der Waals surface area contributed by atoms with Crippen molar-refractivity contribution in [1.29, 1.82) is 0 Å². The minimum atomic E-state index is 0.0804. The average Bonchev–Trinajstić information content (AvgIpc) is 2.28. The maximum absolute atomic E-state index is 11.4. The van der Waals surface area contributed by atoms with Crippen molar-refractivity contribution >= 4 is 5.91 Å². The minimum Gasteiger partial charge on any atom is -0.355 e. The van der Waals surface area contributed by atoms with Gasteiger partial charge in [-0.05, 0) is 10.8 Å². The van der Waals surface area contributed by atoms with E-state index in [1.54, 1.807) is 0 Å². The van der Waals surface area contributed by atoms with E-state index in [-0.39, 0.29) is 22.2 Å². The van der Waals surface area contributed by atoms with Crippen LogP contribution < -0.4 is 5.32 Å². The highest BCUT2D eigenvalue weighted by Crippen LogP contribution is 2.55. The molecule has 2 nitrogen and oxygen atoms in total. The molecular weight excluding hydrogens is 174 g/mol. The standard InChI is InChI=1S/C12H23NO/c1-10(2,3)12(11(4,5)6)7-9(14)13-8-12/h7-8H2,1-6H3,(H,13,14). The third kappa shape index (κ3) is 1.55. The Hall–Kier alpha value is -0.530. The molecule has 0 atom stereocenters. The van der Waals surface area contributed by atoms with Gasteiger partial charge in [0.2, 0.25) is 5.91 Å². The summed E-state index contributed by atoms with van der Waals surface area (Å²) >= 11 is 0. The number of rotatable bonds is 0. The van der Waals surface area contributed by atoms with Gasteiger partial charge in [-0.2, -0.15) is 0 Å². The van der Waals surface area contributed by atoms with Gasteiger partial charge in [-0.15, -0.1) is 0 Å². The normalized spacial score (nSPS) is 22.3. The second kappa shape index (κ2) is 2.98. The van der Waals surface area contributed by atoms with Crippen molar-refractivity contribution in [3.05, 3.63) is 0 Å². The van der Waals surface area contributed by atoms with Crippen LogP contribution in [0.5, 0.6) is 0 Å². The van der Waals surface area contributed by atoms with Crippen molar-refractivity contribution < 1.29 is 4.79 Å². The van der Waals surface area contributed by atoms with Gasteiger partial charge in [0.25, 0.3) is 0 Å². The maximum Gasteiger partial charge on any atom is 0.220 e. The molecule has 1 fully saturated rings. The van der Waals surface area contributed by atoms with Crippen LogP contribution >= 0.6 is 0 Å². The van der Waals surface area contributed by atoms with Gasteiger partial charge >= 0.3 is 0 Å². The Balaban J connectivity index is 3.12. The van der Waals surface area contributed by atoms with E-state index in [0.717, 1.165) is 6.54 Å². The Kier molecular flexibility index (Phi) is 2.46. The van der Waals surface area contributed by atoms with Crippen molar-refractivity contribution in [2.24, 2.45) is 16.2 Å². The largest absolute Gasteiger partial charge is 0.355 e. The van der Waals surface area contributed by atoms with Crippen molar-refractivity contribution in [3.8, 4) is 0 Å². The zero-order valence-electron chi connectivity index (χ0n) is 10.3. The summed E-state index contributed by atoms with van der Waals surface area (Å²) in [5.74, 6) is 0.204. The lowest BCUT2D eigenvalue weighted by Gasteiger charge is -2.50. The zero-order valence-corrected chi connectivity index (χ0v) is 10.3. The molecule has 1 saturated heterocycles. The van der Waals surface area contributed by atoms with E-state index >= 15 is 0 Å². The lowest BCUT2D eigenvalue weighted by molar-refractivity contribution is -0.121. The Morgan fingerprint density at radius 3 is 1.64 bits per heavy atom. The predicted molar refractivity (Wildman–Crippen MR) is 59.0 cm³/mol. The monoisotopic (exact) mass is 197 g/mol. The molecule has 0 aromatic carbocycles. The Bertz CT molecular complexity index is 228. The fraction of sp³-hybridized carbons (Fsp3) is 0.917. The van der Waals surface area contributed by atoms with Crippen LogP contribution in [0.4, 0.5) is 0 Å². The van der Waals surface area contributed by atoms with Gasteiger partial charge in [-0.1, -0.05) is 41.5 Å². The molecule has 1 aliphatic rings. The molecule has 0 aromatic rings. The first-order chi connectivity index (χ1) is 6.10. The quantitative estimate of drug-likeness (QED) is 0.635. The van der Waals surface area contributed by atoms with Gasteiger partial charge in [-0.3, -0.25) is 4.79 Å². The third-order valence-corrected chi connectivity index (χ3v) is 3.92. The molecule has 0 aliphatic carbocycles. The molecule has 1 rings (SSSR count). The molecule has 2 heteroatoms. The second-order valence-corrected chi connectivity index (χ2v) is 6.54. The van der Waals surface area contributed by atoms with Crippen LogP contribution in [-0.2, 0) is 4.79 Å². The zero-order chi connectivity index (χ0) is 11.2. The summed E-state index contributed by atoms with van der Waals surface area (Å²) in [5.41, 5.74) is 0.395. The molecule has 0 saturated carbocycles. The van der Waals surface area contributed by atoms with Crippen molar-refractivity contribution in [3.63, 3.8) is 0 Å². The molecular formula is C12H23NO. The number of hydrogen-bond donors (Lipinski definition) is 1. The van der Waals surface area contributed by atoms with Crippen LogP contribution in [0.25, 0.3) is 0 Å². The Morgan fingerprint density at radius 1 is 1.07 bits per heavy atom. The van der Waals surface area contributed by atoms with E-state index in [2.05, 4.69) is 46.9 Å². The van der Waals surface area contributed by atoms with Crippen LogP contribution in [0.2, 0.25) is 0 Å². The fourth-order valence-corrected chi connectivity index (χ4v) is 2.83. The summed E-state index contributed by atoms with van der Waals surface area (Å²) in [5, 5.41) is 2.98. The first-order valence-electron chi connectivity index (χ1n) is 5.37. The topological polar surface area (TPSA) is 29.1 Å². The summed E-state index contributed by atoms with van der Waals surface area (Å²) in [6.07, 6.45) is 0.667. The molecule has 0 unspecified atom stereocenters. The maximum atomic E-state index is 11.4. The van der Waals surface area contributed by atoms with Crippen LogP contribution in [0.15, 0.2) is 0 Å². The van der Waals surface area contributed by atoms with Gasteiger partial charge in [0, 0.05) is 18.4 Å². The smallest absolute Gasteiger partial charge is 0.220 e. The van der Waals surface area contributed by atoms with Crippen molar-refractivity contribution in [2.45, 2.75) is 48.0 Å². The molecule has 0 bridgehead atoms. The van der Waals surface area contributed by atoms with Crippen molar-refractivity contribution in [1.82, 2.24) is 5.32 Å². The highest BCUT2D eigenvalue weighted by molar-refractivity contribution is 5.79. The van der Waals surface area contributed by atoms with E-state index in [0.29, 0.717) is 6.42 Å². The molecule has 1 amide bonds. The Morgan fingerprint density at radius 2 is 1.50 bits per heavy atom. The van der Waals surface area contributed by atoms with Crippen LogP contribution in [0, 0.1) is 16.2 Å². The molecule has 0 radical (unpaired) electrons. The third-order valence-electron chi connectivity index (χ3n) is 3.92. The highest BCUT2D eigenvalue weighted by Gasteiger charge is 2.54. The summed E-state index contributed by atoms with van der Waals surface area (Å²) in [7, 11) is 0. The van der Waals surface area contributed by atoms with E-state index in [1.807, 2.05) is 0 Å². The Labute approximate surface area is 87.5 Å². The van der Waals surface area contributed by atoms with E-state index < -0.39 is 0 Å². The lowest BCUT2D eigenvalue weighted by Crippen LogP contribution is -2.47. The average molecular weight is 197 g/mol. The number of hydrogen-bond acceptors (Lipinski definition) is 1. The van der Waals surface area contributed by atoms with Gasteiger partial charge in [0.15, 0.2) is 0 Å². The molecule has 82 valence electrons. The molecule has 1 heterocycles. The summed E-state index contributed by atoms with van der Waals surface area (Å²) in [4.78, 5) is 11.4. The van der Waals surface area contributed by atoms with E-state index in [1.165, 1.54) is 0 Å². The molecule has 1 aliphatic heterocycles. The fourth-order valence-electron chi connectivity index (χ4n) is 2.83. The van der Waals surface area contributed by atoms with Crippen molar-refractivity contribution in [2.75, 3.05) is 6.54 Å². The highest BCUT2D eigenvalue weighted by atomic mass is 16.1. The number of amides is 1. The van der Waals surface area contributed by atoms with Gasteiger partial charge in [0.05, 0.1) is 0 Å². The van der Waals surface area contributed by atoms with Crippen LogP contribution in [0.3, 0.4) is 0 Å². The first-order valence-corrected chi connectivity index (χ1v) is 5.37. The number of nitrogens with one attached hydrogen (secondary N) is 1. The van der Waals surface area contributed by atoms with Gasteiger partial charge in [0.1, 0.15) is 0 Å². The van der Waals surface area contributed by atoms with Gasteiger partial charge < -0.3 is 5.32 Å². The van der Waals surface area contributed by atoms with Crippen LogP contribution in [-0.4, -0.2) is 12.5 Å². The summed E-state index contributed by atoms with van der Waals surface area (Å²) in [6.45, 7) is 14.2. The molecule has 0 spiro atoms.